The molecule has 4 N–H and O–H groups in total. The number of carboxylic acids is 1. The van der Waals surface area contributed by atoms with E-state index >= 15 is 0 Å². The first kappa shape index (κ1) is 17.2. The van der Waals surface area contributed by atoms with Crippen LogP contribution in [0.2, 0.25) is 0 Å². The van der Waals surface area contributed by atoms with Crippen LogP contribution in [0.4, 0.5) is 5.69 Å². The minimum absolute atomic E-state index is 0.00609. The van der Waals surface area contributed by atoms with Gasteiger partial charge in [-0.3, -0.25) is 4.79 Å². The Hall–Kier alpha value is -3.15. The summed E-state index contributed by atoms with van der Waals surface area (Å²) in [6, 6.07) is 12.1. The molecular formula is C16H12N2O5S. The summed E-state index contributed by atoms with van der Waals surface area (Å²) < 4.78 is 22.3. The van der Waals surface area contributed by atoms with E-state index in [0.717, 1.165) is 0 Å². The summed E-state index contributed by atoms with van der Waals surface area (Å²) in [6.45, 7) is 0. The van der Waals surface area contributed by atoms with Crippen molar-refractivity contribution in [2.75, 3.05) is 5.32 Å². The molecule has 0 saturated heterocycles. The van der Waals surface area contributed by atoms with Crippen molar-refractivity contribution in [3.05, 3.63) is 59.7 Å². The van der Waals surface area contributed by atoms with E-state index < -0.39 is 21.9 Å². The maximum atomic E-state index is 11.1. The van der Waals surface area contributed by atoms with Gasteiger partial charge in [0.2, 0.25) is 10.0 Å². The monoisotopic (exact) mass is 344 g/mol. The number of carbonyl (C=O) groups excluding carboxylic acids is 1. The number of carboxylic acid groups (broad SMARTS) is 1. The van der Waals surface area contributed by atoms with Crippen molar-refractivity contribution >= 4 is 27.6 Å². The van der Waals surface area contributed by atoms with Crippen molar-refractivity contribution in [2.24, 2.45) is 5.14 Å². The summed E-state index contributed by atoms with van der Waals surface area (Å²) in [6.07, 6.45) is 0. The largest absolute Gasteiger partial charge is 0.474 e. The number of nitrogens with two attached hydrogens (primary N) is 1. The van der Waals surface area contributed by atoms with Gasteiger partial charge in [-0.2, -0.15) is 0 Å². The van der Waals surface area contributed by atoms with E-state index in [2.05, 4.69) is 17.2 Å². The van der Waals surface area contributed by atoms with E-state index in [4.69, 9.17) is 10.2 Å². The van der Waals surface area contributed by atoms with Gasteiger partial charge in [-0.1, -0.05) is 11.8 Å². The first-order valence-electron chi connectivity index (χ1n) is 6.55. The van der Waals surface area contributed by atoms with Crippen LogP contribution in [0.15, 0.2) is 53.4 Å². The van der Waals surface area contributed by atoms with E-state index in [1.807, 2.05) is 0 Å². The van der Waals surface area contributed by atoms with Gasteiger partial charge in [0, 0.05) is 16.8 Å². The van der Waals surface area contributed by atoms with E-state index in [9.17, 15) is 18.0 Å². The second kappa shape index (κ2) is 6.95. The average molecular weight is 344 g/mol. The van der Waals surface area contributed by atoms with Gasteiger partial charge in [0.1, 0.15) is 0 Å². The summed E-state index contributed by atoms with van der Waals surface area (Å²) in [5.41, 5.74) is 1.58. The number of primary sulfonamides is 1. The molecule has 0 aliphatic carbocycles. The lowest BCUT2D eigenvalue weighted by molar-refractivity contribution is -0.147. The van der Waals surface area contributed by atoms with Crippen LogP contribution in [0.3, 0.4) is 0 Å². The van der Waals surface area contributed by atoms with Gasteiger partial charge < -0.3 is 10.4 Å². The zero-order chi connectivity index (χ0) is 17.7. The van der Waals surface area contributed by atoms with Crippen molar-refractivity contribution in [1.29, 1.82) is 0 Å². The van der Waals surface area contributed by atoms with Gasteiger partial charge >= 0.3 is 11.9 Å². The third-order valence-electron chi connectivity index (χ3n) is 2.87. The van der Waals surface area contributed by atoms with Crippen LogP contribution in [0, 0.1) is 11.8 Å². The van der Waals surface area contributed by atoms with E-state index in [-0.39, 0.29) is 4.90 Å². The van der Waals surface area contributed by atoms with Crippen LogP contribution in [-0.2, 0) is 19.6 Å². The van der Waals surface area contributed by atoms with E-state index in [1.165, 1.54) is 36.4 Å². The van der Waals surface area contributed by atoms with Crippen LogP contribution in [0.1, 0.15) is 11.1 Å². The number of nitrogens with one attached hydrogen (secondary N) is 1. The fourth-order valence-electron chi connectivity index (χ4n) is 1.69. The number of anilines is 1. The van der Waals surface area contributed by atoms with Gasteiger partial charge in [-0.05, 0) is 48.5 Å². The molecule has 8 heteroatoms. The van der Waals surface area contributed by atoms with Gasteiger partial charge in [0.25, 0.3) is 0 Å². The fourth-order valence-corrected chi connectivity index (χ4v) is 2.21. The molecule has 24 heavy (non-hydrogen) atoms. The fraction of sp³-hybridized carbons (Fsp3) is 0. The lowest BCUT2D eigenvalue weighted by atomic mass is 10.1. The molecule has 1 amide bonds. The molecule has 0 aliphatic rings. The number of hydrogen-bond donors (Lipinski definition) is 3. The predicted octanol–water partition coefficient (Wildman–Crippen LogP) is 0.757. The summed E-state index contributed by atoms with van der Waals surface area (Å²) in [4.78, 5) is 21.5. The molecular weight excluding hydrogens is 332 g/mol. The molecule has 122 valence electrons. The maximum Gasteiger partial charge on any atom is 0.394 e. The van der Waals surface area contributed by atoms with Gasteiger partial charge in [-0.15, -0.1) is 0 Å². The van der Waals surface area contributed by atoms with Crippen molar-refractivity contribution in [1.82, 2.24) is 0 Å². The zero-order valence-electron chi connectivity index (χ0n) is 12.2. The summed E-state index contributed by atoms with van der Waals surface area (Å²) >= 11 is 0. The molecule has 0 radical (unpaired) electrons. The third-order valence-corrected chi connectivity index (χ3v) is 3.80. The topological polar surface area (TPSA) is 127 Å². The molecule has 0 aromatic heterocycles. The summed E-state index contributed by atoms with van der Waals surface area (Å²) in [5, 5.41) is 15.7. The number of sulfonamides is 1. The van der Waals surface area contributed by atoms with Gasteiger partial charge in [0.15, 0.2) is 0 Å². The number of aliphatic carboxylic acids is 1. The van der Waals surface area contributed by atoms with Crippen molar-refractivity contribution in [3.63, 3.8) is 0 Å². The highest BCUT2D eigenvalue weighted by atomic mass is 32.2. The quantitative estimate of drug-likeness (QED) is 0.547. The number of amides is 1. The van der Waals surface area contributed by atoms with Crippen LogP contribution < -0.4 is 10.5 Å². The Morgan fingerprint density at radius 1 is 0.917 bits per heavy atom. The predicted molar refractivity (Wildman–Crippen MR) is 86.5 cm³/mol. The lowest BCUT2D eigenvalue weighted by Gasteiger charge is -2.01. The Bertz CT molecular complexity index is 937. The first-order valence-corrected chi connectivity index (χ1v) is 8.09. The molecule has 0 unspecified atom stereocenters. The van der Waals surface area contributed by atoms with Crippen LogP contribution in [0.25, 0.3) is 0 Å². The van der Waals surface area contributed by atoms with Crippen LogP contribution in [-0.4, -0.2) is 25.4 Å². The number of benzene rings is 2. The molecule has 0 aliphatic heterocycles. The highest BCUT2D eigenvalue weighted by molar-refractivity contribution is 7.89. The highest BCUT2D eigenvalue weighted by Crippen LogP contribution is 2.10. The summed E-state index contributed by atoms with van der Waals surface area (Å²) in [5.74, 6) is 3.02. The van der Waals surface area contributed by atoms with Crippen LogP contribution >= 0.6 is 0 Å². The average Bonchev–Trinajstić information content (AvgIpc) is 2.53. The minimum Gasteiger partial charge on any atom is -0.474 e. The molecule has 7 nitrogen and oxygen atoms in total. The van der Waals surface area contributed by atoms with Crippen molar-refractivity contribution in [2.45, 2.75) is 4.90 Å². The minimum atomic E-state index is -3.73. The van der Waals surface area contributed by atoms with E-state index in [1.54, 1.807) is 12.1 Å². The molecule has 0 saturated carbocycles. The molecule has 0 fully saturated rings. The third kappa shape index (κ3) is 4.67. The van der Waals surface area contributed by atoms with Crippen LogP contribution in [0.5, 0.6) is 0 Å². The number of hydrogen-bond acceptors (Lipinski definition) is 4. The van der Waals surface area contributed by atoms with Gasteiger partial charge in [-0.25, -0.2) is 18.4 Å². The van der Waals surface area contributed by atoms with E-state index in [0.29, 0.717) is 16.8 Å². The Morgan fingerprint density at radius 2 is 1.38 bits per heavy atom. The lowest BCUT2D eigenvalue weighted by Crippen LogP contribution is -2.21. The highest BCUT2D eigenvalue weighted by Gasteiger charge is 2.10. The Morgan fingerprint density at radius 3 is 1.79 bits per heavy atom. The number of rotatable bonds is 2. The summed E-state index contributed by atoms with van der Waals surface area (Å²) in [7, 11) is -3.73. The maximum absolute atomic E-state index is 11.1. The second-order valence-electron chi connectivity index (χ2n) is 4.66. The molecule has 0 atom stereocenters. The molecule has 0 bridgehead atoms. The zero-order valence-corrected chi connectivity index (χ0v) is 13.0. The number of carbonyl (C=O) groups is 2. The molecule has 2 aromatic carbocycles. The molecule has 2 aromatic rings. The Labute approximate surface area is 138 Å². The first-order chi connectivity index (χ1) is 11.3. The van der Waals surface area contributed by atoms with Crippen molar-refractivity contribution < 1.29 is 23.1 Å². The normalized spacial score (nSPS) is 10.4. The second-order valence-corrected chi connectivity index (χ2v) is 6.22. The smallest absolute Gasteiger partial charge is 0.394 e. The molecule has 2 rings (SSSR count). The van der Waals surface area contributed by atoms with Crippen molar-refractivity contribution in [3.8, 4) is 11.8 Å². The molecule has 0 spiro atoms. The SMILES string of the molecule is NS(=O)(=O)c1ccc(C#Cc2ccc(NC(=O)C(=O)O)cc2)cc1. The Balaban J connectivity index is 2.11. The van der Waals surface area contributed by atoms with Gasteiger partial charge in [0.05, 0.1) is 4.90 Å². The molecule has 0 heterocycles. The standard InChI is InChI=1S/C16H12N2O5S/c17-24(22,23)14-9-5-12(6-10-14)2-1-11-3-7-13(8-4-11)18-15(19)16(20)21/h3-10H,(H,18,19)(H,20,21)(H2,17,22,23). The Kier molecular flexibility index (Phi) is 4.99.